The fourth-order valence-electron chi connectivity index (χ4n) is 10.5. The summed E-state index contributed by atoms with van der Waals surface area (Å²) in [4.78, 5) is 2.39. The van der Waals surface area contributed by atoms with Gasteiger partial charge in [-0.1, -0.05) is 166 Å². The Morgan fingerprint density at radius 3 is 1.15 bits per heavy atom. The van der Waals surface area contributed by atoms with Crippen LogP contribution in [0.25, 0.3) is 66.1 Å². The number of benzene rings is 9. The molecule has 0 bridgehead atoms. The molecule has 284 valence electrons. The lowest BCUT2D eigenvalue weighted by molar-refractivity contribution is 0.660. The molecule has 0 fully saturated rings. The molecular weight excluding hydrogens is 711 g/mol. The molecule has 0 aromatic heterocycles. The van der Waals surface area contributed by atoms with Gasteiger partial charge in [-0.05, 0) is 151 Å². The van der Waals surface area contributed by atoms with Crippen LogP contribution in [0.15, 0.2) is 176 Å². The second-order valence-electron chi connectivity index (χ2n) is 17.9. The van der Waals surface area contributed by atoms with Crippen LogP contribution in [0, 0.1) is 13.8 Å². The first-order valence-electron chi connectivity index (χ1n) is 21.0. The maximum Gasteiger partial charge on any atom is 0.0465 e. The second kappa shape index (κ2) is 12.9. The minimum Gasteiger partial charge on any atom is -0.310 e. The molecule has 0 N–H and O–H groups in total. The van der Waals surface area contributed by atoms with E-state index in [1.54, 1.807) is 0 Å². The third kappa shape index (κ3) is 5.31. The standard InChI is InChI=1S/C58H47N/c1-36-19-25-40(26-20-36)59(41-27-21-37(2)22-28-41)42-29-32-46-45-31-24-39(34-53(45)58(5,6)54(46)35-42)56-49-16-9-7-14-47(49)55(48-15-8-10-17-50(48)56)38-23-30-44-43-13-11-12-18-51(43)57(3,4)52(44)33-38/h7-35H,1-6H3. The van der Waals surface area contributed by atoms with Gasteiger partial charge in [0.05, 0.1) is 0 Å². The van der Waals surface area contributed by atoms with Crippen LogP contribution in [0.1, 0.15) is 61.1 Å². The maximum atomic E-state index is 2.50. The molecular formula is C58H47N. The van der Waals surface area contributed by atoms with Crippen LogP contribution in [0.4, 0.5) is 17.1 Å². The van der Waals surface area contributed by atoms with Gasteiger partial charge in [0.1, 0.15) is 0 Å². The number of fused-ring (bicyclic) bond motifs is 8. The molecule has 1 heteroatoms. The van der Waals surface area contributed by atoms with Crippen molar-refractivity contribution in [2.45, 2.75) is 52.4 Å². The fourth-order valence-corrected chi connectivity index (χ4v) is 10.5. The number of rotatable bonds is 5. The molecule has 11 rings (SSSR count). The smallest absolute Gasteiger partial charge is 0.0465 e. The average Bonchev–Trinajstić information content (AvgIpc) is 3.62. The summed E-state index contributed by atoms with van der Waals surface area (Å²) in [5.74, 6) is 0. The topological polar surface area (TPSA) is 3.24 Å². The van der Waals surface area contributed by atoms with Crippen molar-refractivity contribution in [1.82, 2.24) is 0 Å². The van der Waals surface area contributed by atoms with Gasteiger partial charge in [0.25, 0.3) is 0 Å². The molecule has 59 heavy (non-hydrogen) atoms. The lowest BCUT2D eigenvalue weighted by atomic mass is 9.79. The minimum absolute atomic E-state index is 0.0668. The highest BCUT2D eigenvalue weighted by atomic mass is 15.1. The van der Waals surface area contributed by atoms with E-state index < -0.39 is 0 Å². The lowest BCUT2D eigenvalue weighted by Gasteiger charge is -2.28. The zero-order chi connectivity index (χ0) is 40.2. The van der Waals surface area contributed by atoms with Crippen molar-refractivity contribution in [2.75, 3.05) is 4.90 Å². The summed E-state index contributed by atoms with van der Waals surface area (Å²) in [6.07, 6.45) is 0. The molecule has 0 saturated heterocycles. The van der Waals surface area contributed by atoms with Gasteiger partial charge < -0.3 is 4.90 Å². The zero-order valence-electron chi connectivity index (χ0n) is 34.7. The molecule has 0 unspecified atom stereocenters. The molecule has 0 aliphatic heterocycles. The van der Waals surface area contributed by atoms with Crippen LogP contribution in [0.2, 0.25) is 0 Å². The summed E-state index contributed by atoms with van der Waals surface area (Å²) in [7, 11) is 0. The van der Waals surface area contributed by atoms with Gasteiger partial charge in [-0.15, -0.1) is 0 Å². The quantitative estimate of drug-likeness (QED) is 0.158. The number of hydrogen-bond donors (Lipinski definition) is 0. The Bertz CT molecular complexity index is 3060. The molecule has 0 heterocycles. The normalized spacial score (nSPS) is 14.2. The highest BCUT2D eigenvalue weighted by Crippen LogP contribution is 2.54. The monoisotopic (exact) mass is 757 g/mol. The number of hydrogen-bond acceptors (Lipinski definition) is 1. The molecule has 9 aromatic carbocycles. The van der Waals surface area contributed by atoms with Gasteiger partial charge >= 0.3 is 0 Å². The highest BCUT2D eigenvalue weighted by Gasteiger charge is 2.38. The van der Waals surface area contributed by atoms with Crippen molar-refractivity contribution in [3.63, 3.8) is 0 Å². The Morgan fingerprint density at radius 2 is 0.678 bits per heavy atom. The predicted molar refractivity (Wildman–Crippen MR) is 252 cm³/mol. The molecule has 1 nitrogen and oxygen atoms in total. The van der Waals surface area contributed by atoms with Gasteiger partial charge in [-0.2, -0.15) is 0 Å². The number of aryl methyl sites for hydroxylation is 2. The lowest BCUT2D eigenvalue weighted by Crippen LogP contribution is -2.16. The highest BCUT2D eigenvalue weighted by molar-refractivity contribution is 6.21. The summed E-state index contributed by atoms with van der Waals surface area (Å²) >= 11 is 0. The Labute approximate surface area is 348 Å². The van der Waals surface area contributed by atoms with Crippen molar-refractivity contribution < 1.29 is 0 Å². The Hall–Kier alpha value is -6.70. The van der Waals surface area contributed by atoms with Crippen LogP contribution in [-0.2, 0) is 10.8 Å². The van der Waals surface area contributed by atoms with Gasteiger partial charge in [0.15, 0.2) is 0 Å². The predicted octanol–water partition coefficient (Wildman–Crippen LogP) is 16.0. The van der Waals surface area contributed by atoms with E-state index in [0.717, 1.165) is 11.4 Å². The number of nitrogens with zero attached hydrogens (tertiary/aromatic N) is 1. The summed E-state index contributed by atoms with van der Waals surface area (Å²) < 4.78 is 0. The Kier molecular flexibility index (Phi) is 7.75. The van der Waals surface area contributed by atoms with E-state index in [2.05, 4.69) is 222 Å². The molecule has 0 radical (unpaired) electrons. The average molecular weight is 758 g/mol. The van der Waals surface area contributed by atoms with Gasteiger partial charge in [0, 0.05) is 27.9 Å². The van der Waals surface area contributed by atoms with Crippen molar-refractivity contribution in [3.05, 3.63) is 209 Å². The second-order valence-corrected chi connectivity index (χ2v) is 17.9. The number of anilines is 3. The van der Waals surface area contributed by atoms with Crippen molar-refractivity contribution in [2.24, 2.45) is 0 Å². The zero-order valence-corrected chi connectivity index (χ0v) is 34.7. The van der Waals surface area contributed by atoms with Crippen LogP contribution in [-0.4, -0.2) is 0 Å². The minimum atomic E-state index is -0.205. The van der Waals surface area contributed by atoms with E-state index in [1.165, 1.54) is 105 Å². The molecule has 9 aromatic rings. The molecule has 0 amide bonds. The first-order chi connectivity index (χ1) is 28.6. The van der Waals surface area contributed by atoms with Crippen molar-refractivity contribution in [1.29, 1.82) is 0 Å². The largest absolute Gasteiger partial charge is 0.310 e. The summed E-state index contributed by atoms with van der Waals surface area (Å²) in [5, 5.41) is 5.14. The summed E-state index contributed by atoms with van der Waals surface area (Å²) in [5.41, 5.74) is 21.8. The fraction of sp³-hybridized carbons (Fsp3) is 0.138. The Morgan fingerprint density at radius 1 is 0.322 bits per heavy atom. The third-order valence-electron chi connectivity index (χ3n) is 13.6. The van der Waals surface area contributed by atoms with Crippen LogP contribution in [0.3, 0.4) is 0 Å². The maximum absolute atomic E-state index is 2.50. The van der Waals surface area contributed by atoms with Gasteiger partial charge in [-0.3, -0.25) is 0 Å². The SMILES string of the molecule is Cc1ccc(N(c2ccc(C)cc2)c2ccc3c(c2)C(C)(C)c2cc(-c4c5ccccc5c(-c5ccc6c(c5)C(C)(C)c5ccccc5-6)c5ccccc45)ccc2-3)cc1. The van der Waals surface area contributed by atoms with E-state index in [4.69, 9.17) is 0 Å². The summed E-state index contributed by atoms with van der Waals surface area (Å²) in [6, 6.07) is 66.3. The van der Waals surface area contributed by atoms with Crippen LogP contribution in [0.5, 0.6) is 0 Å². The first kappa shape index (κ1) is 35.5. The third-order valence-corrected chi connectivity index (χ3v) is 13.6. The Balaban J connectivity index is 1.05. The van der Waals surface area contributed by atoms with E-state index >= 15 is 0 Å². The molecule has 2 aliphatic carbocycles. The van der Waals surface area contributed by atoms with Crippen molar-refractivity contribution >= 4 is 38.6 Å². The van der Waals surface area contributed by atoms with Gasteiger partial charge in [-0.25, -0.2) is 0 Å². The van der Waals surface area contributed by atoms with Crippen LogP contribution >= 0.6 is 0 Å². The van der Waals surface area contributed by atoms with Crippen molar-refractivity contribution in [3.8, 4) is 44.5 Å². The van der Waals surface area contributed by atoms with E-state index in [-0.39, 0.29) is 10.8 Å². The van der Waals surface area contributed by atoms with Crippen LogP contribution < -0.4 is 4.90 Å². The molecule has 0 saturated carbocycles. The van der Waals surface area contributed by atoms with E-state index in [1.807, 2.05) is 0 Å². The molecule has 2 aliphatic rings. The van der Waals surface area contributed by atoms with Gasteiger partial charge in [0.2, 0.25) is 0 Å². The molecule has 0 atom stereocenters. The van der Waals surface area contributed by atoms with E-state index in [0.29, 0.717) is 0 Å². The first-order valence-corrected chi connectivity index (χ1v) is 21.0. The van der Waals surface area contributed by atoms with E-state index in [9.17, 15) is 0 Å². The summed E-state index contributed by atoms with van der Waals surface area (Å²) in [6.45, 7) is 13.9. The molecule has 0 spiro atoms.